The normalized spacial score (nSPS) is 14.7. The number of methoxy groups -OCH3 is 1. The lowest BCUT2D eigenvalue weighted by atomic mass is 10.1. The molecule has 31 heavy (non-hydrogen) atoms. The van der Waals surface area contributed by atoms with Crippen LogP contribution >= 0.6 is 11.3 Å². The number of ketones is 1. The molecular weight excluding hydrogens is 416 g/mol. The Morgan fingerprint density at radius 2 is 1.84 bits per heavy atom. The second kappa shape index (κ2) is 8.60. The maximum absolute atomic E-state index is 12.6. The average Bonchev–Trinajstić information content (AvgIpc) is 3.10. The van der Waals surface area contributed by atoms with E-state index in [1.54, 1.807) is 13.8 Å². The number of piperazine rings is 1. The van der Waals surface area contributed by atoms with Crippen LogP contribution in [-0.4, -0.2) is 59.9 Å². The molecule has 1 aliphatic rings. The molecule has 0 bridgehead atoms. The fraction of sp³-hybridized carbons (Fsp3) is 0.364. The summed E-state index contributed by atoms with van der Waals surface area (Å²) in [7, 11) is 1.33. The van der Waals surface area contributed by atoms with Gasteiger partial charge in [-0.05, 0) is 43.7 Å². The summed E-state index contributed by atoms with van der Waals surface area (Å²) in [5, 5.41) is 0.452. The third kappa shape index (κ3) is 4.24. The van der Waals surface area contributed by atoms with E-state index in [-0.39, 0.29) is 11.3 Å². The standard InChI is InChI=1S/C22H24N4O4S/c1-13-18-20(28)23-17(24-21(18)31-19(13)22(29)30-3)12-25-8-10-26(11-9-25)16-6-4-15(5-7-16)14(2)27/h4-7H,8-12H2,1-3H3,(H,23,24,28). The van der Waals surface area contributed by atoms with Crippen molar-refractivity contribution in [3.05, 3.63) is 56.4 Å². The predicted molar refractivity (Wildman–Crippen MR) is 120 cm³/mol. The number of aryl methyl sites for hydroxylation is 1. The molecule has 1 fully saturated rings. The second-order valence-electron chi connectivity index (χ2n) is 7.61. The number of Topliss-reactive ketones (excluding diaryl/α,β-unsaturated/α-hetero) is 1. The van der Waals surface area contributed by atoms with Crippen LogP contribution in [0.4, 0.5) is 5.69 Å². The van der Waals surface area contributed by atoms with E-state index in [0.29, 0.717) is 38.6 Å². The molecule has 0 saturated carbocycles. The van der Waals surface area contributed by atoms with Crippen LogP contribution in [0.5, 0.6) is 0 Å². The van der Waals surface area contributed by atoms with Gasteiger partial charge in [0.25, 0.3) is 5.56 Å². The average molecular weight is 441 g/mol. The Bertz CT molecular complexity index is 1190. The van der Waals surface area contributed by atoms with Crippen molar-refractivity contribution in [3.8, 4) is 0 Å². The first-order chi connectivity index (χ1) is 14.9. The Morgan fingerprint density at radius 1 is 1.16 bits per heavy atom. The number of rotatable bonds is 5. The molecule has 1 N–H and O–H groups in total. The van der Waals surface area contributed by atoms with E-state index >= 15 is 0 Å². The number of aromatic amines is 1. The highest BCUT2D eigenvalue weighted by molar-refractivity contribution is 7.20. The zero-order valence-corrected chi connectivity index (χ0v) is 18.5. The number of nitrogens with one attached hydrogen (secondary N) is 1. The van der Waals surface area contributed by atoms with Crippen LogP contribution in [0.1, 0.15) is 38.3 Å². The summed E-state index contributed by atoms with van der Waals surface area (Å²) in [6, 6.07) is 7.69. The Balaban J connectivity index is 1.45. The van der Waals surface area contributed by atoms with Gasteiger partial charge in [0.1, 0.15) is 15.5 Å². The highest BCUT2D eigenvalue weighted by Crippen LogP contribution is 2.27. The Kier molecular flexibility index (Phi) is 5.88. The first kappa shape index (κ1) is 21.2. The minimum atomic E-state index is -0.450. The molecule has 8 nitrogen and oxygen atoms in total. The smallest absolute Gasteiger partial charge is 0.348 e. The Labute approximate surface area is 183 Å². The second-order valence-corrected chi connectivity index (χ2v) is 8.61. The van der Waals surface area contributed by atoms with E-state index in [9.17, 15) is 14.4 Å². The van der Waals surface area contributed by atoms with Crippen molar-refractivity contribution in [2.24, 2.45) is 0 Å². The van der Waals surface area contributed by atoms with Crippen LogP contribution in [0, 0.1) is 6.92 Å². The van der Waals surface area contributed by atoms with E-state index in [2.05, 4.69) is 19.8 Å². The van der Waals surface area contributed by atoms with Gasteiger partial charge in [-0.25, -0.2) is 9.78 Å². The first-order valence-electron chi connectivity index (χ1n) is 10.1. The molecule has 1 saturated heterocycles. The highest BCUT2D eigenvalue weighted by Gasteiger charge is 2.22. The van der Waals surface area contributed by atoms with Gasteiger partial charge in [0.2, 0.25) is 0 Å². The summed E-state index contributed by atoms with van der Waals surface area (Å²) < 4.78 is 4.80. The van der Waals surface area contributed by atoms with Crippen molar-refractivity contribution in [3.63, 3.8) is 0 Å². The SMILES string of the molecule is COC(=O)c1sc2nc(CN3CCN(c4ccc(C(C)=O)cc4)CC3)[nH]c(=O)c2c1C. The largest absolute Gasteiger partial charge is 0.465 e. The summed E-state index contributed by atoms with van der Waals surface area (Å²) >= 11 is 1.19. The first-order valence-corrected chi connectivity index (χ1v) is 10.9. The van der Waals surface area contributed by atoms with E-state index in [4.69, 9.17) is 4.74 Å². The minimum Gasteiger partial charge on any atom is -0.465 e. The molecule has 162 valence electrons. The summed E-state index contributed by atoms with van der Waals surface area (Å²) in [6.07, 6.45) is 0. The zero-order chi connectivity index (χ0) is 22.1. The van der Waals surface area contributed by atoms with Crippen molar-refractivity contribution < 1.29 is 14.3 Å². The Morgan fingerprint density at radius 3 is 2.45 bits per heavy atom. The van der Waals surface area contributed by atoms with E-state index < -0.39 is 5.97 Å². The minimum absolute atomic E-state index is 0.0643. The van der Waals surface area contributed by atoms with Crippen LogP contribution in [0.15, 0.2) is 29.1 Å². The number of aromatic nitrogens is 2. The molecule has 3 heterocycles. The third-order valence-electron chi connectivity index (χ3n) is 5.61. The van der Waals surface area contributed by atoms with Crippen LogP contribution in [0.2, 0.25) is 0 Å². The van der Waals surface area contributed by atoms with Crippen molar-refractivity contribution >= 4 is 39.0 Å². The van der Waals surface area contributed by atoms with Gasteiger partial charge < -0.3 is 14.6 Å². The molecule has 0 atom stereocenters. The molecule has 0 radical (unpaired) electrons. The summed E-state index contributed by atoms with van der Waals surface area (Å²) in [6.45, 7) is 7.18. The molecule has 0 spiro atoms. The number of anilines is 1. The van der Waals surface area contributed by atoms with Crippen LogP contribution in [0.25, 0.3) is 10.2 Å². The molecule has 2 aromatic heterocycles. The molecule has 0 amide bonds. The molecule has 0 unspecified atom stereocenters. The number of esters is 1. The third-order valence-corrected chi connectivity index (χ3v) is 6.77. The van der Waals surface area contributed by atoms with Gasteiger partial charge >= 0.3 is 5.97 Å². The number of thiophene rings is 1. The lowest BCUT2D eigenvalue weighted by Crippen LogP contribution is -2.46. The predicted octanol–water partition coefficient (Wildman–Crippen LogP) is 2.60. The molecule has 0 aliphatic carbocycles. The number of benzene rings is 1. The molecule has 1 aromatic carbocycles. The number of carbonyl (C=O) groups excluding carboxylic acids is 2. The van der Waals surface area contributed by atoms with Gasteiger partial charge in [-0.1, -0.05) is 0 Å². The summed E-state index contributed by atoms with van der Waals surface area (Å²) in [5.41, 5.74) is 2.19. The zero-order valence-electron chi connectivity index (χ0n) is 17.7. The fourth-order valence-corrected chi connectivity index (χ4v) is 4.95. The van der Waals surface area contributed by atoms with Crippen LogP contribution < -0.4 is 10.5 Å². The van der Waals surface area contributed by atoms with Gasteiger partial charge in [-0.3, -0.25) is 14.5 Å². The lowest BCUT2D eigenvalue weighted by Gasteiger charge is -2.35. The van der Waals surface area contributed by atoms with Gasteiger partial charge in [0.15, 0.2) is 5.78 Å². The van der Waals surface area contributed by atoms with E-state index in [1.165, 1.54) is 18.4 Å². The number of carbonyl (C=O) groups is 2. The Hall–Kier alpha value is -3.04. The molecule has 1 aliphatic heterocycles. The van der Waals surface area contributed by atoms with Gasteiger partial charge in [-0.2, -0.15) is 0 Å². The number of nitrogens with zero attached hydrogens (tertiary/aromatic N) is 3. The highest BCUT2D eigenvalue weighted by atomic mass is 32.1. The van der Waals surface area contributed by atoms with E-state index in [1.807, 2.05) is 24.3 Å². The maximum Gasteiger partial charge on any atom is 0.348 e. The van der Waals surface area contributed by atoms with Crippen LogP contribution in [-0.2, 0) is 11.3 Å². The summed E-state index contributed by atoms with van der Waals surface area (Å²) in [5.74, 6) is 0.206. The van der Waals surface area contributed by atoms with Gasteiger partial charge in [0.05, 0.1) is 19.0 Å². The van der Waals surface area contributed by atoms with Gasteiger partial charge in [-0.15, -0.1) is 11.3 Å². The number of fused-ring (bicyclic) bond motifs is 1. The van der Waals surface area contributed by atoms with Crippen molar-refractivity contribution in [1.29, 1.82) is 0 Å². The quantitative estimate of drug-likeness (QED) is 0.481. The molecular formula is C22H24N4O4S. The number of H-pyrrole nitrogens is 1. The maximum atomic E-state index is 12.6. The number of hydrogen-bond donors (Lipinski definition) is 1. The number of hydrogen-bond acceptors (Lipinski definition) is 8. The molecule has 9 heteroatoms. The van der Waals surface area contributed by atoms with Gasteiger partial charge in [0, 0.05) is 37.4 Å². The number of ether oxygens (including phenoxy) is 1. The topological polar surface area (TPSA) is 95.6 Å². The lowest BCUT2D eigenvalue weighted by molar-refractivity contribution is 0.0605. The molecule has 3 aromatic rings. The van der Waals surface area contributed by atoms with Crippen molar-refractivity contribution in [2.45, 2.75) is 20.4 Å². The van der Waals surface area contributed by atoms with Crippen molar-refractivity contribution in [2.75, 3.05) is 38.2 Å². The van der Waals surface area contributed by atoms with E-state index in [0.717, 1.165) is 31.9 Å². The van der Waals surface area contributed by atoms with Crippen molar-refractivity contribution in [1.82, 2.24) is 14.9 Å². The van der Waals surface area contributed by atoms with Crippen LogP contribution in [0.3, 0.4) is 0 Å². The molecule has 4 rings (SSSR count). The monoisotopic (exact) mass is 440 g/mol. The fourth-order valence-electron chi connectivity index (χ4n) is 3.83. The summed E-state index contributed by atoms with van der Waals surface area (Å²) in [4.78, 5) is 49.0.